The molecule has 0 saturated carbocycles. The number of hydrogen-bond donors (Lipinski definition) is 1. The Hall–Kier alpha value is -2.18. The van der Waals surface area contributed by atoms with E-state index in [1.54, 1.807) is 18.5 Å². The van der Waals surface area contributed by atoms with Crippen LogP contribution in [0.2, 0.25) is 5.02 Å². The van der Waals surface area contributed by atoms with Crippen molar-refractivity contribution in [2.75, 3.05) is 37.6 Å². The molecule has 0 spiro atoms. The zero-order chi connectivity index (χ0) is 17.6. The van der Waals surface area contributed by atoms with Crippen LogP contribution in [0, 0.1) is 0 Å². The van der Waals surface area contributed by atoms with Gasteiger partial charge in [-0.3, -0.25) is 4.79 Å². The molecule has 1 amide bonds. The molecular weight excluding hydrogens is 338 g/mol. The first-order valence-electron chi connectivity index (χ1n) is 8.42. The van der Waals surface area contributed by atoms with Crippen LogP contribution in [-0.4, -0.2) is 53.5 Å². The van der Waals surface area contributed by atoms with Crippen LogP contribution >= 0.6 is 11.6 Å². The summed E-state index contributed by atoms with van der Waals surface area (Å²) in [6, 6.07) is 9.56. The van der Waals surface area contributed by atoms with Crippen LogP contribution in [-0.2, 0) is 4.79 Å². The molecule has 2 aromatic rings. The maximum atomic E-state index is 12.4. The molecule has 0 radical (unpaired) electrons. The van der Waals surface area contributed by atoms with Crippen LogP contribution in [0.1, 0.15) is 18.5 Å². The van der Waals surface area contributed by atoms with Crippen molar-refractivity contribution in [3.05, 3.63) is 53.3 Å². The number of anilines is 1. The molecule has 1 N–H and O–H groups in total. The molecule has 3 rings (SSSR count). The Morgan fingerprint density at radius 1 is 1.20 bits per heavy atom. The maximum absolute atomic E-state index is 12.4. The highest BCUT2D eigenvalue weighted by atomic mass is 35.5. The predicted molar refractivity (Wildman–Crippen MR) is 98.7 cm³/mol. The van der Waals surface area contributed by atoms with Crippen molar-refractivity contribution in [2.45, 2.75) is 13.0 Å². The Morgan fingerprint density at radius 3 is 2.60 bits per heavy atom. The standard InChI is InChI=1S/C18H22ClN5O/c1-14(15-4-2-5-16(19)12-15)22-13-17(25)23-8-10-24(11-9-23)18-20-6-3-7-21-18/h2-7,12,14,22H,8-11,13H2,1H3/t14-/m1/s1. The highest BCUT2D eigenvalue weighted by Crippen LogP contribution is 2.17. The van der Waals surface area contributed by atoms with Crippen molar-refractivity contribution in [1.82, 2.24) is 20.2 Å². The molecule has 25 heavy (non-hydrogen) atoms. The molecule has 2 heterocycles. The average Bonchev–Trinajstić information content (AvgIpc) is 2.66. The van der Waals surface area contributed by atoms with Gasteiger partial charge < -0.3 is 15.1 Å². The van der Waals surface area contributed by atoms with E-state index in [9.17, 15) is 4.79 Å². The first-order chi connectivity index (χ1) is 12.1. The van der Waals surface area contributed by atoms with Crippen molar-refractivity contribution < 1.29 is 4.79 Å². The van der Waals surface area contributed by atoms with Gasteiger partial charge in [-0.1, -0.05) is 23.7 Å². The largest absolute Gasteiger partial charge is 0.338 e. The van der Waals surface area contributed by atoms with Gasteiger partial charge in [0.05, 0.1) is 6.54 Å². The summed E-state index contributed by atoms with van der Waals surface area (Å²) in [6.45, 7) is 5.22. The van der Waals surface area contributed by atoms with E-state index in [4.69, 9.17) is 11.6 Å². The van der Waals surface area contributed by atoms with Crippen molar-refractivity contribution in [3.8, 4) is 0 Å². The number of nitrogens with one attached hydrogen (secondary N) is 1. The SMILES string of the molecule is C[C@@H](NCC(=O)N1CCN(c2ncccn2)CC1)c1cccc(Cl)c1. The second-order valence-electron chi connectivity index (χ2n) is 6.07. The molecule has 7 heteroatoms. The summed E-state index contributed by atoms with van der Waals surface area (Å²) < 4.78 is 0. The molecule has 0 unspecified atom stereocenters. The second kappa shape index (κ2) is 8.27. The second-order valence-corrected chi connectivity index (χ2v) is 6.51. The van der Waals surface area contributed by atoms with Crippen molar-refractivity contribution in [1.29, 1.82) is 0 Å². The lowest BCUT2D eigenvalue weighted by molar-refractivity contribution is -0.130. The predicted octanol–water partition coefficient (Wildman–Crippen LogP) is 2.13. The van der Waals surface area contributed by atoms with E-state index >= 15 is 0 Å². The number of halogens is 1. The molecule has 0 aliphatic carbocycles. The highest BCUT2D eigenvalue weighted by Gasteiger charge is 2.22. The lowest BCUT2D eigenvalue weighted by atomic mass is 10.1. The number of carbonyl (C=O) groups excluding carboxylic acids is 1. The minimum atomic E-state index is 0.0710. The Kier molecular flexibility index (Phi) is 5.83. The summed E-state index contributed by atoms with van der Waals surface area (Å²) in [5.41, 5.74) is 1.08. The van der Waals surface area contributed by atoms with E-state index in [2.05, 4.69) is 20.2 Å². The number of aromatic nitrogens is 2. The minimum absolute atomic E-state index is 0.0710. The monoisotopic (exact) mass is 359 g/mol. The number of benzene rings is 1. The van der Waals surface area contributed by atoms with E-state index < -0.39 is 0 Å². The lowest BCUT2D eigenvalue weighted by Crippen LogP contribution is -2.51. The summed E-state index contributed by atoms with van der Waals surface area (Å²) in [4.78, 5) is 24.9. The minimum Gasteiger partial charge on any atom is -0.338 e. The average molecular weight is 360 g/mol. The number of nitrogens with zero attached hydrogens (tertiary/aromatic N) is 4. The zero-order valence-electron chi connectivity index (χ0n) is 14.2. The number of rotatable bonds is 5. The van der Waals surface area contributed by atoms with Crippen LogP contribution in [0.4, 0.5) is 5.95 Å². The van der Waals surface area contributed by atoms with E-state index in [1.807, 2.05) is 36.1 Å². The molecule has 132 valence electrons. The van der Waals surface area contributed by atoms with Gasteiger partial charge in [0, 0.05) is 49.6 Å². The Labute approximate surface area is 152 Å². The van der Waals surface area contributed by atoms with Crippen LogP contribution < -0.4 is 10.2 Å². The molecule has 1 aromatic heterocycles. The van der Waals surface area contributed by atoms with Gasteiger partial charge >= 0.3 is 0 Å². The topological polar surface area (TPSA) is 61.4 Å². The maximum Gasteiger partial charge on any atom is 0.236 e. The molecule has 0 bridgehead atoms. The number of amides is 1. The third kappa shape index (κ3) is 4.67. The quantitative estimate of drug-likeness (QED) is 0.886. The number of hydrogen-bond acceptors (Lipinski definition) is 5. The van der Waals surface area contributed by atoms with Crippen LogP contribution in [0.5, 0.6) is 0 Å². The number of carbonyl (C=O) groups is 1. The van der Waals surface area contributed by atoms with Gasteiger partial charge in [0.2, 0.25) is 11.9 Å². The third-order valence-corrected chi connectivity index (χ3v) is 4.61. The van der Waals surface area contributed by atoms with Gasteiger partial charge in [-0.25, -0.2) is 9.97 Å². The fraction of sp³-hybridized carbons (Fsp3) is 0.389. The van der Waals surface area contributed by atoms with Gasteiger partial charge in [-0.2, -0.15) is 0 Å². The Balaban J connectivity index is 1.46. The van der Waals surface area contributed by atoms with Crippen LogP contribution in [0.25, 0.3) is 0 Å². The smallest absolute Gasteiger partial charge is 0.236 e. The van der Waals surface area contributed by atoms with E-state index in [0.29, 0.717) is 24.7 Å². The zero-order valence-corrected chi connectivity index (χ0v) is 15.0. The molecule has 1 saturated heterocycles. The van der Waals surface area contributed by atoms with E-state index in [0.717, 1.165) is 24.6 Å². The summed E-state index contributed by atoms with van der Waals surface area (Å²) in [6.07, 6.45) is 3.47. The summed E-state index contributed by atoms with van der Waals surface area (Å²) in [5, 5.41) is 3.98. The summed E-state index contributed by atoms with van der Waals surface area (Å²) in [7, 11) is 0. The molecule has 6 nitrogen and oxygen atoms in total. The molecule has 1 aliphatic rings. The third-order valence-electron chi connectivity index (χ3n) is 4.38. The first kappa shape index (κ1) is 17.6. The summed E-state index contributed by atoms with van der Waals surface area (Å²) in [5.74, 6) is 0.838. The van der Waals surface area contributed by atoms with Crippen molar-refractivity contribution in [3.63, 3.8) is 0 Å². The van der Waals surface area contributed by atoms with Crippen molar-refractivity contribution >= 4 is 23.5 Å². The van der Waals surface area contributed by atoms with Gasteiger partial charge in [0.1, 0.15) is 0 Å². The van der Waals surface area contributed by atoms with Crippen LogP contribution in [0.15, 0.2) is 42.7 Å². The van der Waals surface area contributed by atoms with E-state index in [-0.39, 0.29) is 11.9 Å². The van der Waals surface area contributed by atoms with Gasteiger partial charge in [-0.05, 0) is 30.7 Å². The summed E-state index contributed by atoms with van der Waals surface area (Å²) >= 11 is 6.02. The van der Waals surface area contributed by atoms with Gasteiger partial charge in [-0.15, -0.1) is 0 Å². The molecular formula is C18H22ClN5O. The lowest BCUT2D eigenvalue weighted by Gasteiger charge is -2.35. The normalized spacial score (nSPS) is 15.9. The Morgan fingerprint density at radius 2 is 1.92 bits per heavy atom. The fourth-order valence-corrected chi connectivity index (χ4v) is 3.06. The Bertz CT molecular complexity index is 704. The van der Waals surface area contributed by atoms with Crippen LogP contribution in [0.3, 0.4) is 0 Å². The molecule has 1 atom stereocenters. The molecule has 1 fully saturated rings. The van der Waals surface area contributed by atoms with Crippen molar-refractivity contribution in [2.24, 2.45) is 0 Å². The first-order valence-corrected chi connectivity index (χ1v) is 8.80. The van der Waals surface area contributed by atoms with Gasteiger partial charge in [0.15, 0.2) is 0 Å². The highest BCUT2D eigenvalue weighted by molar-refractivity contribution is 6.30. The molecule has 1 aromatic carbocycles. The van der Waals surface area contributed by atoms with E-state index in [1.165, 1.54) is 0 Å². The number of piperazine rings is 1. The molecule has 1 aliphatic heterocycles. The van der Waals surface area contributed by atoms with Gasteiger partial charge in [0.25, 0.3) is 0 Å². The fourth-order valence-electron chi connectivity index (χ4n) is 2.86.